The number of nitrogens with zero attached hydrogens (tertiary/aromatic N) is 1. The summed E-state index contributed by atoms with van der Waals surface area (Å²) in [5.74, 6) is 0.0895. The van der Waals surface area contributed by atoms with Crippen molar-refractivity contribution < 1.29 is 9.53 Å². The highest BCUT2D eigenvalue weighted by atomic mass is 79.9. The van der Waals surface area contributed by atoms with Gasteiger partial charge in [0.25, 0.3) is 0 Å². The van der Waals surface area contributed by atoms with E-state index < -0.39 is 0 Å². The third-order valence-electron chi connectivity index (χ3n) is 3.32. The number of halogens is 1. The van der Waals surface area contributed by atoms with Gasteiger partial charge in [0, 0.05) is 24.8 Å². The van der Waals surface area contributed by atoms with E-state index in [0.717, 1.165) is 55.8 Å². The fraction of sp³-hybridized carbons (Fsp3) is 0.533. The second-order valence-electron chi connectivity index (χ2n) is 4.81. The molecule has 0 unspecified atom stereocenters. The summed E-state index contributed by atoms with van der Waals surface area (Å²) < 4.78 is 5.37. The van der Waals surface area contributed by atoms with E-state index in [1.165, 1.54) is 0 Å². The Kier molecular flexibility index (Phi) is 6.33. The largest absolute Gasteiger partial charge is 0.378 e. The molecule has 0 bridgehead atoms. The molecule has 1 aromatic carbocycles. The van der Waals surface area contributed by atoms with Crippen LogP contribution in [0, 0.1) is 0 Å². The van der Waals surface area contributed by atoms with Crippen LogP contribution in [0.3, 0.4) is 0 Å². The summed E-state index contributed by atoms with van der Waals surface area (Å²) in [6, 6.07) is 7.98. The molecule has 1 amide bonds. The van der Waals surface area contributed by atoms with Crippen LogP contribution in [0.25, 0.3) is 0 Å². The Balaban J connectivity index is 1.98. The molecule has 1 aromatic rings. The van der Waals surface area contributed by atoms with Crippen molar-refractivity contribution in [1.29, 1.82) is 0 Å². The molecule has 0 aromatic heterocycles. The molecule has 0 radical (unpaired) electrons. The summed E-state index contributed by atoms with van der Waals surface area (Å²) in [4.78, 5) is 14.2. The van der Waals surface area contributed by atoms with Crippen LogP contribution in [0.2, 0.25) is 0 Å². The molecule has 5 heteroatoms. The monoisotopic (exact) mass is 340 g/mol. The Morgan fingerprint density at radius 1 is 1.25 bits per heavy atom. The number of benzene rings is 1. The molecule has 4 nitrogen and oxygen atoms in total. The average Bonchev–Trinajstić information content (AvgIpc) is 2.49. The minimum absolute atomic E-state index is 0.0895. The number of ether oxygens (including phenoxy) is 1. The highest BCUT2D eigenvalue weighted by molar-refractivity contribution is 9.09. The number of carbonyl (C=O) groups excluding carboxylic acids is 1. The number of para-hydroxylation sites is 2. The number of unbranched alkanes of at least 4 members (excludes halogenated alkanes) is 1. The van der Waals surface area contributed by atoms with Crippen LogP contribution >= 0.6 is 15.9 Å². The first-order chi connectivity index (χ1) is 9.81. The van der Waals surface area contributed by atoms with E-state index in [9.17, 15) is 4.79 Å². The summed E-state index contributed by atoms with van der Waals surface area (Å²) in [5.41, 5.74) is 1.99. The zero-order valence-corrected chi connectivity index (χ0v) is 13.2. The summed E-state index contributed by atoms with van der Waals surface area (Å²) >= 11 is 3.38. The fourth-order valence-electron chi connectivity index (χ4n) is 2.25. The molecule has 110 valence electrons. The van der Waals surface area contributed by atoms with Crippen molar-refractivity contribution in [2.24, 2.45) is 0 Å². The van der Waals surface area contributed by atoms with E-state index in [-0.39, 0.29) is 5.91 Å². The van der Waals surface area contributed by atoms with Crippen LogP contribution in [-0.4, -0.2) is 37.5 Å². The molecule has 20 heavy (non-hydrogen) atoms. The van der Waals surface area contributed by atoms with Gasteiger partial charge in [0.1, 0.15) is 0 Å². The van der Waals surface area contributed by atoms with Crippen LogP contribution in [0.4, 0.5) is 11.4 Å². The maximum absolute atomic E-state index is 12.0. The molecule has 1 saturated heterocycles. The summed E-state index contributed by atoms with van der Waals surface area (Å²) in [7, 11) is 0. The highest BCUT2D eigenvalue weighted by Gasteiger charge is 2.15. The summed E-state index contributed by atoms with van der Waals surface area (Å²) in [6.07, 6.45) is 2.51. The molecule has 0 atom stereocenters. The molecular weight excluding hydrogens is 320 g/mol. The summed E-state index contributed by atoms with van der Waals surface area (Å²) in [6.45, 7) is 3.23. The molecule has 0 spiro atoms. The van der Waals surface area contributed by atoms with Gasteiger partial charge in [0.05, 0.1) is 24.6 Å². The second-order valence-corrected chi connectivity index (χ2v) is 5.60. The zero-order chi connectivity index (χ0) is 14.2. The molecule has 0 saturated carbocycles. The van der Waals surface area contributed by atoms with Gasteiger partial charge < -0.3 is 15.0 Å². The van der Waals surface area contributed by atoms with E-state index in [1.54, 1.807) is 0 Å². The predicted molar refractivity (Wildman–Crippen MR) is 85.7 cm³/mol. The number of morpholine rings is 1. The lowest BCUT2D eigenvalue weighted by Crippen LogP contribution is -2.36. The van der Waals surface area contributed by atoms with Crippen molar-refractivity contribution in [2.45, 2.75) is 19.3 Å². The SMILES string of the molecule is O=C(CCCCBr)Nc1ccccc1N1CCOCC1. The van der Waals surface area contributed by atoms with Gasteiger partial charge in [-0.1, -0.05) is 28.1 Å². The third-order valence-corrected chi connectivity index (χ3v) is 3.88. The lowest BCUT2D eigenvalue weighted by atomic mass is 10.2. The average molecular weight is 341 g/mol. The smallest absolute Gasteiger partial charge is 0.224 e. The van der Waals surface area contributed by atoms with Gasteiger partial charge in [-0.25, -0.2) is 0 Å². The highest BCUT2D eigenvalue weighted by Crippen LogP contribution is 2.26. The number of rotatable bonds is 6. The Labute approximate surface area is 128 Å². The number of hydrogen-bond acceptors (Lipinski definition) is 3. The standard InChI is InChI=1S/C15H21BrN2O2/c16-8-4-3-7-15(19)17-13-5-1-2-6-14(13)18-9-11-20-12-10-18/h1-2,5-6H,3-4,7-12H2,(H,17,19). The lowest BCUT2D eigenvalue weighted by molar-refractivity contribution is -0.116. The van der Waals surface area contributed by atoms with Crippen molar-refractivity contribution >= 4 is 33.2 Å². The van der Waals surface area contributed by atoms with Crippen LogP contribution < -0.4 is 10.2 Å². The lowest BCUT2D eigenvalue weighted by Gasteiger charge is -2.30. The van der Waals surface area contributed by atoms with Crippen molar-refractivity contribution in [3.05, 3.63) is 24.3 Å². The van der Waals surface area contributed by atoms with Gasteiger partial charge in [0.15, 0.2) is 0 Å². The Bertz CT molecular complexity index is 434. The topological polar surface area (TPSA) is 41.6 Å². The second kappa shape index (κ2) is 8.27. The predicted octanol–water partition coefficient (Wildman–Crippen LogP) is 3.03. The first kappa shape index (κ1) is 15.3. The first-order valence-corrected chi connectivity index (χ1v) is 8.21. The normalized spacial score (nSPS) is 15.2. The molecule has 1 aliphatic rings. The van der Waals surface area contributed by atoms with Crippen molar-refractivity contribution in [3.63, 3.8) is 0 Å². The number of carbonyl (C=O) groups is 1. The number of alkyl halides is 1. The van der Waals surface area contributed by atoms with Crippen LogP contribution in [-0.2, 0) is 9.53 Å². The van der Waals surface area contributed by atoms with E-state index in [4.69, 9.17) is 4.74 Å². The first-order valence-electron chi connectivity index (χ1n) is 7.09. The van der Waals surface area contributed by atoms with Crippen molar-refractivity contribution in [2.75, 3.05) is 41.9 Å². The minimum Gasteiger partial charge on any atom is -0.378 e. The number of amides is 1. The number of anilines is 2. The zero-order valence-electron chi connectivity index (χ0n) is 11.6. The Morgan fingerprint density at radius 3 is 2.75 bits per heavy atom. The molecule has 1 fully saturated rings. The van der Waals surface area contributed by atoms with E-state index in [0.29, 0.717) is 6.42 Å². The maximum Gasteiger partial charge on any atom is 0.224 e. The van der Waals surface area contributed by atoms with E-state index in [1.807, 2.05) is 18.2 Å². The summed E-state index contributed by atoms with van der Waals surface area (Å²) in [5, 5.41) is 3.98. The maximum atomic E-state index is 12.0. The molecule has 2 rings (SSSR count). The Hall–Kier alpha value is -1.07. The van der Waals surface area contributed by atoms with Crippen molar-refractivity contribution in [1.82, 2.24) is 0 Å². The van der Waals surface area contributed by atoms with E-state index >= 15 is 0 Å². The molecule has 1 heterocycles. The van der Waals surface area contributed by atoms with Gasteiger partial charge in [-0.05, 0) is 25.0 Å². The van der Waals surface area contributed by atoms with Crippen LogP contribution in [0.5, 0.6) is 0 Å². The van der Waals surface area contributed by atoms with Crippen LogP contribution in [0.15, 0.2) is 24.3 Å². The quantitative estimate of drug-likeness (QED) is 0.639. The fourth-order valence-corrected chi connectivity index (χ4v) is 2.65. The van der Waals surface area contributed by atoms with Gasteiger partial charge >= 0.3 is 0 Å². The Morgan fingerprint density at radius 2 is 2.00 bits per heavy atom. The van der Waals surface area contributed by atoms with Crippen LogP contribution in [0.1, 0.15) is 19.3 Å². The molecule has 0 aliphatic carbocycles. The molecule has 1 aliphatic heterocycles. The van der Waals surface area contributed by atoms with Gasteiger partial charge in [-0.15, -0.1) is 0 Å². The number of nitrogens with one attached hydrogen (secondary N) is 1. The third kappa shape index (κ3) is 4.49. The molecular formula is C15H21BrN2O2. The van der Waals surface area contributed by atoms with E-state index in [2.05, 4.69) is 32.2 Å². The van der Waals surface area contributed by atoms with Crippen molar-refractivity contribution in [3.8, 4) is 0 Å². The van der Waals surface area contributed by atoms with Gasteiger partial charge in [-0.2, -0.15) is 0 Å². The van der Waals surface area contributed by atoms with Gasteiger partial charge in [0.2, 0.25) is 5.91 Å². The number of hydrogen-bond donors (Lipinski definition) is 1. The van der Waals surface area contributed by atoms with Gasteiger partial charge in [-0.3, -0.25) is 4.79 Å². The molecule has 1 N–H and O–H groups in total. The minimum atomic E-state index is 0.0895.